The maximum atomic E-state index is 12.3. The number of fused-ring (bicyclic) bond motifs is 1. The number of pyridine rings is 2. The normalized spacial score (nSPS) is 11.0. The van der Waals surface area contributed by atoms with Crippen LogP contribution in [0, 0.1) is 0 Å². The van der Waals surface area contributed by atoms with Crippen molar-refractivity contribution < 1.29 is 15.0 Å². The van der Waals surface area contributed by atoms with Gasteiger partial charge < -0.3 is 10.2 Å². The molecule has 0 saturated heterocycles. The zero-order chi connectivity index (χ0) is 15.9. The van der Waals surface area contributed by atoms with Crippen LogP contribution in [0.25, 0.3) is 10.9 Å². The summed E-state index contributed by atoms with van der Waals surface area (Å²) in [7, 11) is 0. The topological polar surface area (TPSA) is 105 Å². The van der Waals surface area contributed by atoms with Crippen LogP contribution in [0.3, 0.4) is 0 Å². The summed E-state index contributed by atoms with van der Waals surface area (Å²) in [5.74, 6) is -1.81. The van der Waals surface area contributed by atoms with Gasteiger partial charge in [-0.2, -0.15) is 0 Å². The Balaban J connectivity index is 2.31. The molecule has 22 heavy (non-hydrogen) atoms. The minimum atomic E-state index is -1.34. The standard InChI is InChI=1S/C13H8BrN3O4S/c14-7-3-6-8(4-16-10(11(6)18)13(20)21)17(12(7)19)5-9-15-1-2-22-9/h1-4,18H,5H2,(H,20,21). The SMILES string of the molecule is O=C(O)c1ncc2c(cc(Br)c(=O)n2Cc2nccs2)c1O. The van der Waals surface area contributed by atoms with E-state index >= 15 is 0 Å². The first kappa shape index (κ1) is 14.7. The first-order chi connectivity index (χ1) is 10.5. The molecule has 3 aromatic rings. The highest BCUT2D eigenvalue weighted by Gasteiger charge is 2.18. The highest BCUT2D eigenvalue weighted by atomic mass is 79.9. The third-order valence-electron chi connectivity index (χ3n) is 3.06. The molecule has 7 nitrogen and oxygen atoms in total. The smallest absolute Gasteiger partial charge is 0.358 e. The van der Waals surface area contributed by atoms with Gasteiger partial charge in [-0.15, -0.1) is 11.3 Å². The van der Waals surface area contributed by atoms with Crippen molar-refractivity contribution in [3.05, 3.63) is 49.4 Å². The predicted octanol–water partition coefficient (Wildman–Crippen LogP) is 2.07. The maximum absolute atomic E-state index is 12.3. The highest BCUT2D eigenvalue weighted by Crippen LogP contribution is 2.28. The van der Waals surface area contributed by atoms with E-state index in [0.29, 0.717) is 10.5 Å². The van der Waals surface area contributed by atoms with Gasteiger partial charge in [0.15, 0.2) is 11.4 Å². The molecule has 3 heterocycles. The van der Waals surface area contributed by atoms with Crippen LogP contribution in [0.4, 0.5) is 0 Å². The van der Waals surface area contributed by atoms with E-state index in [9.17, 15) is 14.7 Å². The Morgan fingerprint density at radius 1 is 1.41 bits per heavy atom. The van der Waals surface area contributed by atoms with E-state index in [4.69, 9.17) is 5.11 Å². The third kappa shape index (κ3) is 2.38. The number of carboxylic acids is 1. The molecular formula is C13H8BrN3O4S. The van der Waals surface area contributed by atoms with Gasteiger partial charge in [0.2, 0.25) is 0 Å². The molecule has 3 rings (SSSR count). The zero-order valence-electron chi connectivity index (χ0n) is 10.9. The van der Waals surface area contributed by atoms with Crippen molar-refractivity contribution in [1.29, 1.82) is 0 Å². The Labute approximate surface area is 135 Å². The van der Waals surface area contributed by atoms with Crippen molar-refractivity contribution in [1.82, 2.24) is 14.5 Å². The number of nitrogens with zero attached hydrogens (tertiary/aromatic N) is 3. The summed E-state index contributed by atoms with van der Waals surface area (Å²) in [5, 5.41) is 21.8. The van der Waals surface area contributed by atoms with E-state index in [1.807, 2.05) is 0 Å². The summed E-state index contributed by atoms with van der Waals surface area (Å²) in [5.41, 5.74) is -0.434. The number of carbonyl (C=O) groups is 1. The fraction of sp³-hybridized carbons (Fsp3) is 0.0769. The van der Waals surface area contributed by atoms with Crippen molar-refractivity contribution >= 4 is 44.1 Å². The number of carboxylic acid groups (broad SMARTS) is 1. The van der Waals surface area contributed by atoms with E-state index in [1.54, 1.807) is 11.6 Å². The molecule has 0 radical (unpaired) electrons. The Morgan fingerprint density at radius 2 is 2.18 bits per heavy atom. The van der Waals surface area contributed by atoms with Gasteiger partial charge >= 0.3 is 5.97 Å². The summed E-state index contributed by atoms with van der Waals surface area (Å²) in [6.07, 6.45) is 2.89. The molecule has 0 aliphatic rings. The number of thiazole rings is 1. The van der Waals surface area contributed by atoms with Gasteiger partial charge in [0.25, 0.3) is 5.56 Å². The Bertz CT molecular complexity index is 937. The van der Waals surface area contributed by atoms with Crippen LogP contribution >= 0.6 is 27.3 Å². The second-order valence-corrected chi connectivity index (χ2v) is 6.20. The lowest BCUT2D eigenvalue weighted by Gasteiger charge is -2.11. The maximum Gasteiger partial charge on any atom is 0.358 e. The molecule has 2 N–H and O–H groups in total. The van der Waals surface area contributed by atoms with Crippen LogP contribution < -0.4 is 5.56 Å². The predicted molar refractivity (Wildman–Crippen MR) is 83.5 cm³/mol. The van der Waals surface area contributed by atoms with E-state index in [2.05, 4.69) is 25.9 Å². The van der Waals surface area contributed by atoms with Gasteiger partial charge in [-0.25, -0.2) is 14.8 Å². The van der Waals surface area contributed by atoms with Crippen LogP contribution in [-0.4, -0.2) is 30.7 Å². The summed E-state index contributed by atoms with van der Waals surface area (Å²) < 4.78 is 1.60. The highest BCUT2D eigenvalue weighted by molar-refractivity contribution is 9.10. The summed E-state index contributed by atoms with van der Waals surface area (Å²) in [6, 6.07) is 1.39. The van der Waals surface area contributed by atoms with E-state index in [0.717, 1.165) is 0 Å². The average molecular weight is 382 g/mol. The first-order valence-corrected chi connectivity index (χ1v) is 7.69. The molecule has 0 unspecified atom stereocenters. The summed E-state index contributed by atoms with van der Waals surface area (Å²) in [6.45, 7) is 0.208. The van der Waals surface area contributed by atoms with E-state index in [1.165, 1.54) is 28.2 Å². The molecular weight excluding hydrogens is 374 g/mol. The molecule has 9 heteroatoms. The van der Waals surface area contributed by atoms with Crippen molar-refractivity contribution in [3.8, 4) is 5.75 Å². The number of hydrogen-bond donors (Lipinski definition) is 2. The number of hydrogen-bond acceptors (Lipinski definition) is 6. The molecule has 0 atom stereocenters. The van der Waals surface area contributed by atoms with Crippen LogP contribution in [-0.2, 0) is 6.54 Å². The summed E-state index contributed by atoms with van der Waals surface area (Å²) in [4.78, 5) is 31.2. The monoisotopic (exact) mass is 381 g/mol. The Kier molecular flexibility index (Phi) is 3.67. The van der Waals surface area contributed by atoms with Crippen LogP contribution in [0.2, 0.25) is 0 Å². The lowest BCUT2D eigenvalue weighted by atomic mass is 10.2. The number of aromatic carboxylic acids is 1. The fourth-order valence-corrected chi connectivity index (χ4v) is 3.12. The van der Waals surface area contributed by atoms with Gasteiger partial charge in [0.1, 0.15) is 5.01 Å². The van der Waals surface area contributed by atoms with Gasteiger partial charge in [0.05, 0.1) is 22.7 Å². The largest absolute Gasteiger partial charge is 0.505 e. The molecule has 112 valence electrons. The number of rotatable bonds is 3. The second-order valence-electron chi connectivity index (χ2n) is 4.37. The number of aromatic nitrogens is 3. The summed E-state index contributed by atoms with van der Waals surface area (Å²) >= 11 is 4.53. The zero-order valence-corrected chi connectivity index (χ0v) is 13.3. The van der Waals surface area contributed by atoms with Crippen LogP contribution in [0.5, 0.6) is 5.75 Å². The second kappa shape index (κ2) is 5.50. The minimum absolute atomic E-state index is 0.208. The number of aromatic hydroxyl groups is 1. The molecule has 0 aliphatic carbocycles. The molecule has 0 aliphatic heterocycles. The van der Waals surface area contributed by atoms with Crippen LogP contribution in [0.1, 0.15) is 15.5 Å². The molecule has 0 amide bonds. The fourth-order valence-electron chi connectivity index (χ4n) is 2.07. The van der Waals surface area contributed by atoms with E-state index < -0.39 is 17.4 Å². The van der Waals surface area contributed by atoms with Crippen molar-refractivity contribution in [2.75, 3.05) is 0 Å². The molecule has 0 fully saturated rings. The van der Waals surface area contributed by atoms with Crippen LogP contribution in [0.15, 0.2) is 33.1 Å². The minimum Gasteiger partial charge on any atom is -0.505 e. The molecule has 0 bridgehead atoms. The molecule has 0 saturated carbocycles. The van der Waals surface area contributed by atoms with Crippen molar-refractivity contribution in [2.24, 2.45) is 0 Å². The lowest BCUT2D eigenvalue weighted by molar-refractivity contribution is 0.0687. The van der Waals surface area contributed by atoms with Gasteiger partial charge in [-0.1, -0.05) is 0 Å². The molecule has 0 spiro atoms. The van der Waals surface area contributed by atoms with Gasteiger partial charge in [-0.3, -0.25) is 9.36 Å². The average Bonchev–Trinajstić information content (AvgIpc) is 2.97. The first-order valence-electron chi connectivity index (χ1n) is 6.01. The quantitative estimate of drug-likeness (QED) is 0.719. The Hall–Kier alpha value is -2.26. The van der Waals surface area contributed by atoms with Crippen molar-refractivity contribution in [2.45, 2.75) is 6.54 Å². The molecule has 3 aromatic heterocycles. The van der Waals surface area contributed by atoms with E-state index in [-0.39, 0.29) is 22.0 Å². The molecule has 0 aromatic carbocycles. The van der Waals surface area contributed by atoms with Crippen molar-refractivity contribution in [3.63, 3.8) is 0 Å². The Morgan fingerprint density at radius 3 is 2.82 bits per heavy atom. The van der Waals surface area contributed by atoms with Gasteiger partial charge in [-0.05, 0) is 22.0 Å². The lowest BCUT2D eigenvalue weighted by Crippen LogP contribution is -2.22. The number of halogens is 1. The third-order valence-corrected chi connectivity index (χ3v) is 4.39. The van der Waals surface area contributed by atoms with Gasteiger partial charge in [0, 0.05) is 17.0 Å².